The number of nitrogens with two attached hydrogens (primary N) is 1. The minimum absolute atomic E-state index is 0.0572. The number of amidine groups is 1. The van der Waals surface area contributed by atoms with Gasteiger partial charge in [-0.25, -0.2) is 0 Å². The smallest absolute Gasteiger partial charge is 0.234 e. The summed E-state index contributed by atoms with van der Waals surface area (Å²) < 4.78 is 10.4. The number of hydrogen-bond donors (Lipinski definition) is 3. The molecule has 0 bridgehead atoms. The summed E-state index contributed by atoms with van der Waals surface area (Å²) in [7, 11) is 1.59. The first-order valence-electron chi connectivity index (χ1n) is 6.83. The summed E-state index contributed by atoms with van der Waals surface area (Å²) in [6.07, 6.45) is 0.819. The lowest BCUT2D eigenvalue weighted by atomic mass is 9.77. The number of carbonyl (C=O) groups excluding carboxylic acids is 1. The molecule has 1 atom stereocenters. The van der Waals surface area contributed by atoms with Gasteiger partial charge in [0.05, 0.1) is 12.6 Å². The summed E-state index contributed by atoms with van der Waals surface area (Å²) in [5, 5.41) is 15.0. The van der Waals surface area contributed by atoms with Crippen LogP contribution in [0.1, 0.15) is 26.7 Å². The standard InChI is InChI=1S/C13H25N3O4/c1-9(2)10(8-19-3)15-12(17)13(11(14)16-18)4-6-20-7-5-13/h9-10,18H,4-8H2,1-3H3,(H2,14,16)(H,15,17). The maximum Gasteiger partial charge on any atom is 0.234 e. The van der Waals surface area contributed by atoms with Crippen LogP contribution in [0.15, 0.2) is 5.16 Å². The zero-order chi connectivity index (χ0) is 15.2. The topological polar surface area (TPSA) is 106 Å². The minimum atomic E-state index is -0.992. The number of nitrogens with zero attached hydrogens (tertiary/aromatic N) is 1. The number of amides is 1. The van der Waals surface area contributed by atoms with Crippen LogP contribution in [0.25, 0.3) is 0 Å². The van der Waals surface area contributed by atoms with Crippen molar-refractivity contribution in [2.45, 2.75) is 32.7 Å². The molecule has 116 valence electrons. The van der Waals surface area contributed by atoms with Gasteiger partial charge in [0.2, 0.25) is 5.91 Å². The van der Waals surface area contributed by atoms with Gasteiger partial charge in [0, 0.05) is 20.3 Å². The lowest BCUT2D eigenvalue weighted by Crippen LogP contribution is -2.56. The van der Waals surface area contributed by atoms with Gasteiger partial charge < -0.3 is 25.7 Å². The van der Waals surface area contributed by atoms with Crippen molar-refractivity contribution in [3.63, 3.8) is 0 Å². The Bertz CT molecular complexity index is 352. The first-order chi connectivity index (χ1) is 9.47. The van der Waals surface area contributed by atoms with E-state index in [-0.39, 0.29) is 23.7 Å². The van der Waals surface area contributed by atoms with Gasteiger partial charge in [0.15, 0.2) is 5.84 Å². The molecule has 0 spiro atoms. The fraction of sp³-hybridized carbons (Fsp3) is 0.846. The van der Waals surface area contributed by atoms with Gasteiger partial charge in [0.1, 0.15) is 5.41 Å². The predicted molar refractivity (Wildman–Crippen MR) is 74.5 cm³/mol. The molecular weight excluding hydrogens is 262 g/mol. The number of oxime groups is 1. The summed E-state index contributed by atoms with van der Waals surface area (Å²) >= 11 is 0. The molecule has 0 aromatic rings. The number of carbonyl (C=O) groups is 1. The molecule has 1 saturated heterocycles. The van der Waals surface area contributed by atoms with Crippen LogP contribution in [0.2, 0.25) is 0 Å². The second kappa shape index (κ2) is 7.44. The van der Waals surface area contributed by atoms with Gasteiger partial charge in [-0.1, -0.05) is 19.0 Å². The Morgan fingerprint density at radius 3 is 2.55 bits per heavy atom. The predicted octanol–water partition coefficient (Wildman–Crippen LogP) is 0.317. The summed E-state index contributed by atoms with van der Waals surface area (Å²) in [4.78, 5) is 12.6. The Morgan fingerprint density at radius 2 is 2.10 bits per heavy atom. The number of methoxy groups -OCH3 is 1. The summed E-state index contributed by atoms with van der Waals surface area (Å²) in [5.74, 6) is -0.0619. The van der Waals surface area contributed by atoms with E-state index in [9.17, 15) is 4.79 Å². The first-order valence-corrected chi connectivity index (χ1v) is 6.83. The molecule has 4 N–H and O–H groups in total. The molecule has 1 aliphatic rings. The zero-order valence-corrected chi connectivity index (χ0v) is 12.4. The quantitative estimate of drug-likeness (QED) is 0.282. The molecule has 0 aromatic heterocycles. The lowest BCUT2D eigenvalue weighted by molar-refractivity contribution is -0.133. The highest BCUT2D eigenvalue weighted by Crippen LogP contribution is 2.31. The van der Waals surface area contributed by atoms with Crippen LogP contribution in [0.3, 0.4) is 0 Å². The highest BCUT2D eigenvalue weighted by molar-refractivity contribution is 6.06. The Morgan fingerprint density at radius 1 is 1.50 bits per heavy atom. The molecule has 1 amide bonds. The van der Waals surface area contributed by atoms with Crippen LogP contribution >= 0.6 is 0 Å². The van der Waals surface area contributed by atoms with Crippen LogP contribution in [-0.4, -0.2) is 49.9 Å². The summed E-state index contributed by atoms with van der Waals surface area (Å²) in [6, 6.07) is -0.112. The van der Waals surface area contributed by atoms with E-state index in [4.69, 9.17) is 20.4 Å². The van der Waals surface area contributed by atoms with Crippen molar-refractivity contribution in [1.82, 2.24) is 5.32 Å². The number of hydrogen-bond acceptors (Lipinski definition) is 5. The average Bonchev–Trinajstić information content (AvgIpc) is 2.46. The molecule has 0 aliphatic carbocycles. The third-order valence-corrected chi connectivity index (χ3v) is 3.85. The Balaban J connectivity index is 2.88. The highest BCUT2D eigenvalue weighted by atomic mass is 16.5. The third-order valence-electron chi connectivity index (χ3n) is 3.85. The van der Waals surface area contributed by atoms with E-state index in [2.05, 4.69) is 10.5 Å². The van der Waals surface area contributed by atoms with E-state index in [1.807, 2.05) is 13.8 Å². The molecule has 20 heavy (non-hydrogen) atoms. The first kappa shape index (κ1) is 16.7. The second-order valence-corrected chi connectivity index (χ2v) is 5.46. The normalized spacial score (nSPS) is 20.7. The summed E-state index contributed by atoms with van der Waals surface area (Å²) in [5.41, 5.74) is 4.77. The van der Waals surface area contributed by atoms with Gasteiger partial charge in [-0.3, -0.25) is 4.79 Å². The third kappa shape index (κ3) is 3.61. The molecular formula is C13H25N3O4. The van der Waals surface area contributed by atoms with Gasteiger partial charge in [-0.15, -0.1) is 0 Å². The lowest BCUT2D eigenvalue weighted by Gasteiger charge is -2.36. The fourth-order valence-corrected chi connectivity index (χ4v) is 2.30. The molecule has 0 aromatic carbocycles. The second-order valence-electron chi connectivity index (χ2n) is 5.46. The van der Waals surface area contributed by atoms with Crippen molar-refractivity contribution < 1.29 is 19.5 Å². The largest absolute Gasteiger partial charge is 0.409 e. The molecule has 1 rings (SSSR count). The van der Waals surface area contributed by atoms with Crippen LogP contribution in [-0.2, 0) is 14.3 Å². The number of ether oxygens (including phenoxy) is 2. The van der Waals surface area contributed by atoms with E-state index in [0.29, 0.717) is 32.7 Å². The van der Waals surface area contributed by atoms with Crippen molar-refractivity contribution in [3.05, 3.63) is 0 Å². The molecule has 1 aliphatic heterocycles. The maximum absolute atomic E-state index is 12.6. The maximum atomic E-state index is 12.6. The number of rotatable bonds is 6. The van der Waals surface area contributed by atoms with E-state index in [0.717, 1.165) is 0 Å². The van der Waals surface area contributed by atoms with Gasteiger partial charge in [-0.05, 0) is 18.8 Å². The molecule has 0 saturated carbocycles. The van der Waals surface area contributed by atoms with Gasteiger partial charge >= 0.3 is 0 Å². The molecule has 1 heterocycles. The zero-order valence-electron chi connectivity index (χ0n) is 12.4. The van der Waals surface area contributed by atoms with Crippen LogP contribution in [0.4, 0.5) is 0 Å². The van der Waals surface area contributed by atoms with Gasteiger partial charge in [0.25, 0.3) is 0 Å². The van der Waals surface area contributed by atoms with Crippen molar-refractivity contribution >= 4 is 11.7 Å². The fourth-order valence-electron chi connectivity index (χ4n) is 2.30. The van der Waals surface area contributed by atoms with Crippen molar-refractivity contribution in [1.29, 1.82) is 0 Å². The monoisotopic (exact) mass is 287 g/mol. The van der Waals surface area contributed by atoms with E-state index in [1.165, 1.54) is 0 Å². The summed E-state index contributed by atoms with van der Waals surface area (Å²) in [6.45, 7) is 5.26. The molecule has 0 radical (unpaired) electrons. The van der Waals surface area contributed by atoms with Crippen molar-refractivity contribution in [3.8, 4) is 0 Å². The van der Waals surface area contributed by atoms with E-state index >= 15 is 0 Å². The van der Waals surface area contributed by atoms with Crippen molar-refractivity contribution in [2.24, 2.45) is 22.2 Å². The SMILES string of the molecule is COCC(NC(=O)C1(C(N)=NO)CCOCC1)C(C)C. The average molecular weight is 287 g/mol. The molecule has 1 fully saturated rings. The Labute approximate surface area is 119 Å². The molecule has 7 heteroatoms. The van der Waals surface area contributed by atoms with Crippen molar-refractivity contribution in [2.75, 3.05) is 26.9 Å². The Hall–Kier alpha value is -1.34. The highest BCUT2D eigenvalue weighted by Gasteiger charge is 2.45. The van der Waals surface area contributed by atoms with Crippen LogP contribution < -0.4 is 11.1 Å². The van der Waals surface area contributed by atoms with Crippen LogP contribution in [0, 0.1) is 11.3 Å². The van der Waals surface area contributed by atoms with E-state index < -0.39 is 5.41 Å². The van der Waals surface area contributed by atoms with Crippen LogP contribution in [0.5, 0.6) is 0 Å². The minimum Gasteiger partial charge on any atom is -0.409 e. The van der Waals surface area contributed by atoms with Gasteiger partial charge in [-0.2, -0.15) is 0 Å². The molecule has 1 unspecified atom stereocenters. The number of nitrogens with one attached hydrogen (secondary N) is 1. The Kier molecular flexibility index (Phi) is 6.22. The van der Waals surface area contributed by atoms with E-state index in [1.54, 1.807) is 7.11 Å². The molecule has 7 nitrogen and oxygen atoms in total.